The lowest BCUT2D eigenvalue weighted by atomic mass is 9.73. The Morgan fingerprint density at radius 1 is 1.24 bits per heavy atom. The molecule has 0 aromatic heterocycles. The van der Waals surface area contributed by atoms with Crippen molar-refractivity contribution in [2.24, 2.45) is 17.8 Å². The minimum atomic E-state index is -0.188. The average molecular weight is 399 g/mol. The molecule has 2 bridgehead atoms. The Kier molecular flexibility index (Phi) is 4.77. The first-order chi connectivity index (χ1) is 14.1. The van der Waals surface area contributed by atoms with Crippen LogP contribution in [0.1, 0.15) is 37.7 Å². The number of benzene rings is 1. The molecule has 156 valence electrons. The van der Waals surface area contributed by atoms with Crippen molar-refractivity contribution in [3.05, 3.63) is 29.8 Å². The number of carbonyl (C=O) groups excluding carboxylic acids is 2. The number of carbonyl (C=O) groups is 2. The molecule has 6 heteroatoms. The fourth-order valence-electron chi connectivity index (χ4n) is 5.72. The molecule has 4 aliphatic rings. The Balaban J connectivity index is 1.21. The van der Waals surface area contributed by atoms with Crippen molar-refractivity contribution in [3.63, 3.8) is 0 Å². The highest BCUT2D eigenvalue weighted by molar-refractivity contribution is 5.80. The number of amides is 2. The number of nitrogens with one attached hydrogen (secondary N) is 1. The maximum Gasteiger partial charge on any atom is 0.227 e. The second kappa shape index (κ2) is 7.31. The molecule has 2 amide bonds. The van der Waals surface area contributed by atoms with Crippen molar-refractivity contribution >= 4 is 11.8 Å². The standard InChI is InChI=1S/C23H30N2O4/c1-28-17-7-5-15(6-8-17)11-21(26)25-13-19-18(12-24-22(27)16-3-2-4-16)20-9-10-23(19,14-25)29-20/h5-8,16,18-20H,2-4,9-14H2,1H3,(H,24,27)/t18-,19+,20+,23+/m0/s1. The van der Waals surface area contributed by atoms with E-state index >= 15 is 0 Å². The first kappa shape index (κ1) is 18.9. The summed E-state index contributed by atoms with van der Waals surface area (Å²) in [5.41, 5.74) is 0.812. The third-order valence-corrected chi connectivity index (χ3v) is 7.64. The van der Waals surface area contributed by atoms with Gasteiger partial charge >= 0.3 is 0 Å². The zero-order valence-corrected chi connectivity index (χ0v) is 17.1. The van der Waals surface area contributed by atoms with E-state index in [1.54, 1.807) is 7.11 Å². The van der Waals surface area contributed by atoms with E-state index in [9.17, 15) is 9.59 Å². The molecule has 3 aliphatic heterocycles. The van der Waals surface area contributed by atoms with Crippen molar-refractivity contribution in [2.45, 2.75) is 50.2 Å². The molecule has 4 atom stereocenters. The molecular weight excluding hydrogens is 368 g/mol. The van der Waals surface area contributed by atoms with Gasteiger partial charge in [0.05, 0.1) is 31.8 Å². The highest BCUT2D eigenvalue weighted by Gasteiger charge is 2.63. The van der Waals surface area contributed by atoms with Crippen LogP contribution >= 0.6 is 0 Å². The fourth-order valence-corrected chi connectivity index (χ4v) is 5.72. The van der Waals surface area contributed by atoms with Gasteiger partial charge in [0.2, 0.25) is 11.8 Å². The average Bonchev–Trinajstić information content (AvgIpc) is 3.34. The Hall–Kier alpha value is -2.08. The van der Waals surface area contributed by atoms with E-state index in [1.165, 1.54) is 6.42 Å². The van der Waals surface area contributed by atoms with Crippen LogP contribution in [-0.2, 0) is 20.7 Å². The maximum absolute atomic E-state index is 13.0. The summed E-state index contributed by atoms with van der Waals surface area (Å²) in [5.74, 6) is 2.04. The van der Waals surface area contributed by atoms with Crippen LogP contribution < -0.4 is 10.1 Å². The highest BCUT2D eigenvalue weighted by Crippen LogP contribution is 2.54. The summed E-state index contributed by atoms with van der Waals surface area (Å²) < 4.78 is 11.6. The van der Waals surface area contributed by atoms with E-state index in [0.717, 1.165) is 43.5 Å². The van der Waals surface area contributed by atoms with Gasteiger partial charge in [0.1, 0.15) is 5.75 Å². The van der Waals surface area contributed by atoms with Crippen molar-refractivity contribution in [1.29, 1.82) is 0 Å². The molecule has 6 nitrogen and oxygen atoms in total. The van der Waals surface area contributed by atoms with Crippen molar-refractivity contribution in [3.8, 4) is 5.75 Å². The van der Waals surface area contributed by atoms with E-state index in [4.69, 9.17) is 9.47 Å². The zero-order chi connectivity index (χ0) is 20.0. The number of hydrogen-bond donors (Lipinski definition) is 1. The van der Waals surface area contributed by atoms with Crippen molar-refractivity contribution in [2.75, 3.05) is 26.7 Å². The SMILES string of the molecule is COc1ccc(CC(=O)N2C[C@@H]3[C@H](CNC(=O)C4CCC4)[C@H]4CC[C@]3(C2)O4)cc1. The number of hydrogen-bond acceptors (Lipinski definition) is 4. The first-order valence-corrected chi connectivity index (χ1v) is 10.9. The molecule has 1 N–H and O–H groups in total. The lowest BCUT2D eigenvalue weighted by Crippen LogP contribution is -2.44. The summed E-state index contributed by atoms with van der Waals surface area (Å²) >= 11 is 0. The molecule has 1 aromatic carbocycles. The molecule has 1 aromatic rings. The molecule has 29 heavy (non-hydrogen) atoms. The van der Waals surface area contributed by atoms with Gasteiger partial charge < -0.3 is 19.7 Å². The second-order valence-corrected chi connectivity index (χ2v) is 9.20. The number of methoxy groups -OCH3 is 1. The van der Waals surface area contributed by atoms with Crippen LogP contribution in [0.3, 0.4) is 0 Å². The Bertz CT molecular complexity index is 791. The lowest BCUT2D eigenvalue weighted by Gasteiger charge is -2.30. The van der Waals surface area contributed by atoms with Crippen molar-refractivity contribution in [1.82, 2.24) is 10.2 Å². The Morgan fingerprint density at radius 3 is 2.72 bits per heavy atom. The normalized spacial score (nSPS) is 32.7. The predicted octanol–water partition coefficient (Wildman–Crippen LogP) is 2.16. The predicted molar refractivity (Wildman–Crippen MR) is 107 cm³/mol. The van der Waals surface area contributed by atoms with E-state index < -0.39 is 0 Å². The number of likely N-dealkylation sites (tertiary alicyclic amines) is 1. The van der Waals surface area contributed by atoms with Crippen LogP contribution in [-0.4, -0.2) is 55.2 Å². The summed E-state index contributed by atoms with van der Waals surface area (Å²) in [5, 5.41) is 3.18. The summed E-state index contributed by atoms with van der Waals surface area (Å²) in [7, 11) is 1.64. The molecule has 0 unspecified atom stereocenters. The summed E-state index contributed by atoms with van der Waals surface area (Å²) in [6, 6.07) is 7.69. The van der Waals surface area contributed by atoms with E-state index in [2.05, 4.69) is 5.32 Å². The monoisotopic (exact) mass is 398 g/mol. The minimum absolute atomic E-state index is 0.156. The molecule has 4 fully saturated rings. The molecule has 1 saturated carbocycles. The maximum atomic E-state index is 13.0. The van der Waals surface area contributed by atoms with Gasteiger partial charge in [0.15, 0.2) is 0 Å². The molecule has 0 radical (unpaired) electrons. The summed E-state index contributed by atoms with van der Waals surface area (Å²) in [6.07, 6.45) is 5.93. The molecular formula is C23H30N2O4. The molecule has 5 rings (SSSR count). The first-order valence-electron chi connectivity index (χ1n) is 10.9. The number of nitrogens with zero attached hydrogens (tertiary/aromatic N) is 1. The van der Waals surface area contributed by atoms with Crippen LogP contribution in [0.5, 0.6) is 5.75 Å². The van der Waals surface area contributed by atoms with Gasteiger partial charge in [0.25, 0.3) is 0 Å². The van der Waals surface area contributed by atoms with Gasteiger partial charge in [-0.1, -0.05) is 18.6 Å². The zero-order valence-electron chi connectivity index (χ0n) is 17.1. The lowest BCUT2D eigenvalue weighted by molar-refractivity contribution is -0.131. The molecule has 1 aliphatic carbocycles. The second-order valence-electron chi connectivity index (χ2n) is 9.20. The number of rotatable bonds is 6. The van der Waals surface area contributed by atoms with Crippen molar-refractivity contribution < 1.29 is 19.1 Å². The van der Waals surface area contributed by atoms with E-state index in [0.29, 0.717) is 31.3 Å². The molecule has 3 saturated heterocycles. The van der Waals surface area contributed by atoms with Crippen LogP contribution in [0.25, 0.3) is 0 Å². The van der Waals surface area contributed by atoms with Gasteiger partial charge in [-0.3, -0.25) is 9.59 Å². The highest BCUT2D eigenvalue weighted by atomic mass is 16.5. The quantitative estimate of drug-likeness (QED) is 0.797. The third kappa shape index (κ3) is 3.31. The van der Waals surface area contributed by atoms with Gasteiger partial charge in [0, 0.05) is 30.8 Å². The van der Waals surface area contributed by atoms with Crippen LogP contribution in [0.2, 0.25) is 0 Å². The smallest absolute Gasteiger partial charge is 0.227 e. The van der Waals surface area contributed by atoms with Gasteiger partial charge in [-0.2, -0.15) is 0 Å². The van der Waals surface area contributed by atoms with Crippen LogP contribution in [0.4, 0.5) is 0 Å². The Morgan fingerprint density at radius 2 is 2.03 bits per heavy atom. The number of fused-ring (bicyclic) bond motifs is 1. The molecule has 1 spiro atoms. The number of ether oxygens (including phenoxy) is 2. The summed E-state index contributed by atoms with van der Waals surface area (Å²) in [6.45, 7) is 2.12. The van der Waals surface area contributed by atoms with Gasteiger partial charge in [-0.15, -0.1) is 0 Å². The van der Waals surface area contributed by atoms with Gasteiger partial charge in [-0.05, 0) is 43.4 Å². The minimum Gasteiger partial charge on any atom is -0.497 e. The topological polar surface area (TPSA) is 67.9 Å². The third-order valence-electron chi connectivity index (χ3n) is 7.64. The van der Waals surface area contributed by atoms with E-state index in [-0.39, 0.29) is 29.4 Å². The largest absolute Gasteiger partial charge is 0.497 e. The fraction of sp³-hybridized carbons (Fsp3) is 0.652. The molecule has 3 heterocycles. The van der Waals surface area contributed by atoms with E-state index in [1.807, 2.05) is 29.2 Å². The van der Waals surface area contributed by atoms with Crippen LogP contribution in [0.15, 0.2) is 24.3 Å². The summed E-state index contributed by atoms with van der Waals surface area (Å²) in [4.78, 5) is 27.2. The Labute approximate surface area is 171 Å². The van der Waals surface area contributed by atoms with Crippen LogP contribution in [0, 0.1) is 17.8 Å². The van der Waals surface area contributed by atoms with Gasteiger partial charge in [-0.25, -0.2) is 0 Å².